The van der Waals surface area contributed by atoms with Crippen LogP contribution in [-0.2, 0) is 10.8 Å². The minimum Gasteiger partial charge on any atom is -0.143 e. The van der Waals surface area contributed by atoms with Gasteiger partial charge in [-0.25, -0.2) is 0 Å². The molecule has 51 heavy (non-hydrogen) atoms. The predicted octanol–water partition coefficient (Wildman–Crippen LogP) is 17.4. The number of hydrogen-bond donors (Lipinski definition) is 2. The maximum absolute atomic E-state index is 4.36. The standard InChI is InChI=1S/C11H13BrS.C11H14S2.C10H24Si.C6H5BrS.C5H9Br/c2*1-11(2)5-6-13-10-7-8(12)3-4-9(10)11;1-8(2)11(7,9(3)4)10(5)6;7-5-2-1-3-6(8)4-5;1-5(2)3-4-6/h3-4,7H,5-6H2,1-2H3;3-4,7,12H,5-6H2,1-2H3;8-10H,1-7H3;1-4,8H;3H,4H2,1-2H3. The number of thioether (sulfide) groups is 2. The quantitative estimate of drug-likeness (QED) is 0.116. The normalized spacial score (nSPS) is 15.3. The van der Waals surface area contributed by atoms with Crippen LogP contribution in [0.1, 0.15) is 107 Å². The molecule has 3 aromatic rings. The Morgan fingerprint density at radius 1 is 0.706 bits per heavy atom. The monoisotopic (exact) mass is 974 g/mol. The lowest BCUT2D eigenvalue weighted by Gasteiger charge is -2.39. The van der Waals surface area contributed by atoms with E-state index in [9.17, 15) is 0 Å². The van der Waals surface area contributed by atoms with Crippen molar-refractivity contribution in [3.8, 4) is 0 Å². The Labute approximate surface area is 360 Å². The van der Waals surface area contributed by atoms with E-state index in [0.29, 0.717) is 10.8 Å². The Balaban J connectivity index is 0.000000327. The molecule has 0 fully saturated rings. The molecular formula is C43H65Br3S4Si. The molecule has 2 aliphatic heterocycles. The van der Waals surface area contributed by atoms with Gasteiger partial charge in [-0.1, -0.05) is 170 Å². The van der Waals surface area contributed by atoms with Gasteiger partial charge in [0.25, 0.3) is 0 Å². The van der Waals surface area contributed by atoms with Crippen LogP contribution >= 0.6 is 96.6 Å². The first-order chi connectivity index (χ1) is 23.6. The number of benzene rings is 3. The molecule has 286 valence electrons. The molecule has 0 amide bonds. The first kappa shape index (κ1) is 49.5. The molecule has 2 aliphatic rings. The Morgan fingerprint density at radius 3 is 1.49 bits per heavy atom. The van der Waals surface area contributed by atoms with E-state index in [0.717, 1.165) is 36.2 Å². The highest BCUT2D eigenvalue weighted by atomic mass is 79.9. The third-order valence-corrected chi connectivity index (χ3v) is 21.8. The van der Waals surface area contributed by atoms with Gasteiger partial charge in [-0.3, -0.25) is 0 Å². The first-order valence-corrected chi connectivity index (χ1v) is 26.4. The lowest BCUT2D eigenvalue weighted by atomic mass is 9.82. The van der Waals surface area contributed by atoms with Gasteiger partial charge < -0.3 is 0 Å². The van der Waals surface area contributed by atoms with Crippen molar-refractivity contribution in [3.63, 3.8) is 0 Å². The molecule has 0 radical (unpaired) electrons. The predicted molar refractivity (Wildman–Crippen MR) is 256 cm³/mol. The van der Waals surface area contributed by atoms with E-state index in [1.54, 1.807) is 0 Å². The molecule has 0 N–H and O–H groups in total. The van der Waals surface area contributed by atoms with Crippen molar-refractivity contribution in [2.24, 2.45) is 0 Å². The van der Waals surface area contributed by atoms with Gasteiger partial charge in [-0.15, -0.1) is 48.8 Å². The maximum Gasteiger partial charge on any atom is 0.0581 e. The number of halogens is 3. The smallest absolute Gasteiger partial charge is 0.0581 e. The van der Waals surface area contributed by atoms with E-state index in [-0.39, 0.29) is 0 Å². The SMILES string of the molecule is CC(C)=CCBr.CC(C)[Si](C)(C(C)C)C(C)C.CC1(C)CCSc2cc(Br)ccc21.CC1(C)CCSc2cc(S)ccc21.Sc1cccc(Br)c1. The number of alkyl halides is 1. The lowest BCUT2D eigenvalue weighted by Crippen LogP contribution is -2.40. The van der Waals surface area contributed by atoms with Crippen molar-refractivity contribution in [2.75, 3.05) is 16.8 Å². The van der Waals surface area contributed by atoms with Crippen molar-refractivity contribution in [2.45, 2.75) is 150 Å². The third-order valence-electron chi connectivity index (χ3n) is 10.4. The molecule has 0 unspecified atom stereocenters. The maximum atomic E-state index is 4.36. The summed E-state index contributed by atoms with van der Waals surface area (Å²) in [6.45, 7) is 30.4. The molecule has 2 heterocycles. The average molecular weight is 978 g/mol. The highest BCUT2D eigenvalue weighted by Gasteiger charge is 2.37. The molecule has 0 aromatic heterocycles. The van der Waals surface area contributed by atoms with Crippen LogP contribution in [0.5, 0.6) is 0 Å². The summed E-state index contributed by atoms with van der Waals surface area (Å²) < 4.78 is 2.27. The van der Waals surface area contributed by atoms with Crippen molar-refractivity contribution in [1.29, 1.82) is 0 Å². The summed E-state index contributed by atoms with van der Waals surface area (Å²) in [6, 6.07) is 20.9. The van der Waals surface area contributed by atoms with Crippen LogP contribution in [0, 0.1) is 0 Å². The van der Waals surface area contributed by atoms with Crippen LogP contribution in [0.15, 0.2) is 101 Å². The summed E-state index contributed by atoms with van der Waals surface area (Å²) in [4.78, 5) is 4.93. The zero-order chi connectivity index (χ0) is 39.2. The van der Waals surface area contributed by atoms with E-state index in [4.69, 9.17) is 0 Å². The fourth-order valence-corrected chi connectivity index (χ4v) is 15.4. The number of hydrogen-bond acceptors (Lipinski definition) is 4. The minimum absolute atomic E-state index is 0.349. The van der Waals surface area contributed by atoms with E-state index in [2.05, 4.69) is 205 Å². The summed E-state index contributed by atoms with van der Waals surface area (Å²) >= 11 is 22.5. The summed E-state index contributed by atoms with van der Waals surface area (Å²) in [5.74, 6) is 2.48. The zero-order valence-corrected chi connectivity index (χ0v) is 42.6. The molecular weight excluding hydrogens is 913 g/mol. The lowest BCUT2D eigenvalue weighted by molar-refractivity contribution is 0.493. The van der Waals surface area contributed by atoms with Crippen LogP contribution in [0.4, 0.5) is 0 Å². The Kier molecular flexibility index (Phi) is 22.8. The number of fused-ring (bicyclic) bond motifs is 2. The molecule has 0 saturated carbocycles. The fourth-order valence-electron chi connectivity index (χ4n) is 6.10. The van der Waals surface area contributed by atoms with Crippen LogP contribution < -0.4 is 0 Å². The van der Waals surface area contributed by atoms with E-state index in [1.165, 1.54) is 55.3 Å². The van der Waals surface area contributed by atoms with Crippen LogP contribution in [-0.4, -0.2) is 24.9 Å². The van der Waals surface area contributed by atoms with E-state index in [1.807, 2.05) is 47.8 Å². The molecule has 3 aromatic carbocycles. The first-order valence-electron chi connectivity index (χ1n) is 18.1. The summed E-state index contributed by atoms with van der Waals surface area (Å²) in [7, 11) is -0.981. The minimum atomic E-state index is -0.981. The topological polar surface area (TPSA) is 0 Å². The van der Waals surface area contributed by atoms with Gasteiger partial charge in [0.15, 0.2) is 0 Å². The van der Waals surface area contributed by atoms with Gasteiger partial charge in [0.05, 0.1) is 8.07 Å². The largest absolute Gasteiger partial charge is 0.143 e. The van der Waals surface area contributed by atoms with Crippen LogP contribution in [0.3, 0.4) is 0 Å². The van der Waals surface area contributed by atoms with Crippen molar-refractivity contribution in [3.05, 3.63) is 92.4 Å². The summed E-state index contributed by atoms with van der Waals surface area (Å²) in [6.07, 6.45) is 4.68. The van der Waals surface area contributed by atoms with E-state index >= 15 is 0 Å². The Bertz CT molecular complexity index is 1400. The van der Waals surface area contributed by atoms with E-state index < -0.39 is 8.07 Å². The number of thiol groups is 2. The van der Waals surface area contributed by atoms with Gasteiger partial charge in [0.2, 0.25) is 0 Å². The molecule has 0 bridgehead atoms. The summed E-state index contributed by atoms with van der Waals surface area (Å²) in [5, 5.41) is 0.981. The van der Waals surface area contributed by atoms with Gasteiger partial charge >= 0.3 is 0 Å². The molecule has 0 aliphatic carbocycles. The van der Waals surface area contributed by atoms with Gasteiger partial charge in [0, 0.05) is 33.9 Å². The Hall–Kier alpha value is 0.457. The van der Waals surface area contributed by atoms with Crippen molar-refractivity contribution in [1.82, 2.24) is 0 Å². The Morgan fingerprint density at radius 2 is 1.14 bits per heavy atom. The highest BCUT2D eigenvalue weighted by molar-refractivity contribution is 9.10. The average Bonchev–Trinajstić information content (AvgIpc) is 3.00. The number of rotatable bonds is 4. The molecule has 0 atom stereocenters. The van der Waals surface area contributed by atoms with Crippen LogP contribution in [0.25, 0.3) is 0 Å². The second-order valence-corrected chi connectivity index (χ2v) is 28.0. The van der Waals surface area contributed by atoms with Crippen LogP contribution in [0.2, 0.25) is 23.2 Å². The summed E-state index contributed by atoms with van der Waals surface area (Å²) in [5.41, 5.74) is 7.83. The van der Waals surface area contributed by atoms with Gasteiger partial charge in [-0.05, 0) is 103 Å². The van der Waals surface area contributed by atoms with Crippen molar-refractivity contribution >= 4 is 105 Å². The second-order valence-electron chi connectivity index (χ2n) is 16.0. The molecule has 8 heteroatoms. The zero-order valence-electron chi connectivity index (χ0n) is 33.5. The van der Waals surface area contributed by atoms with Crippen molar-refractivity contribution < 1.29 is 0 Å². The van der Waals surface area contributed by atoms with Gasteiger partial charge in [0.1, 0.15) is 0 Å². The third kappa shape index (κ3) is 17.0. The fraction of sp³-hybridized carbons (Fsp3) is 0.535. The molecule has 0 nitrogen and oxygen atoms in total. The molecule has 5 rings (SSSR count). The number of allylic oxidation sites excluding steroid dienone is 2. The highest BCUT2D eigenvalue weighted by Crippen LogP contribution is 2.43. The second kappa shape index (κ2) is 23.5. The molecule has 0 saturated heterocycles. The molecule has 0 spiro atoms. The van der Waals surface area contributed by atoms with Gasteiger partial charge in [-0.2, -0.15) is 0 Å².